The second kappa shape index (κ2) is 6.18. The number of aliphatic hydroxyl groups is 2. The summed E-state index contributed by atoms with van der Waals surface area (Å²) in [5.74, 6) is 0. The second-order valence-corrected chi connectivity index (χ2v) is 4.99. The molecule has 1 atom stereocenters. The summed E-state index contributed by atoms with van der Waals surface area (Å²) in [5.41, 5.74) is 7.23. The van der Waals surface area contributed by atoms with Crippen LogP contribution in [-0.2, 0) is 0 Å². The van der Waals surface area contributed by atoms with Crippen LogP contribution < -0.4 is 5.73 Å². The van der Waals surface area contributed by atoms with Crippen molar-refractivity contribution in [3.05, 3.63) is 29.8 Å². The first-order chi connectivity index (χ1) is 8.70. The van der Waals surface area contributed by atoms with E-state index in [2.05, 4.69) is 4.90 Å². The van der Waals surface area contributed by atoms with Gasteiger partial charge in [0.1, 0.15) is 0 Å². The number of hydrogen-bond donors (Lipinski definition) is 3. The Morgan fingerprint density at radius 3 is 2.72 bits per heavy atom. The first-order valence-corrected chi connectivity index (χ1v) is 6.59. The second-order valence-electron chi connectivity index (χ2n) is 4.99. The lowest BCUT2D eigenvalue weighted by atomic mass is 9.91. The number of benzene rings is 1. The molecule has 0 spiro atoms. The highest BCUT2D eigenvalue weighted by Crippen LogP contribution is 2.27. The maximum Gasteiger partial charge on any atom is 0.0917 e. The molecule has 1 aromatic carbocycles. The van der Waals surface area contributed by atoms with Gasteiger partial charge in [0.2, 0.25) is 0 Å². The molecular formula is C14H22N2O2. The molecule has 4 heteroatoms. The molecule has 0 amide bonds. The predicted molar refractivity (Wildman–Crippen MR) is 72.1 cm³/mol. The van der Waals surface area contributed by atoms with E-state index in [0.717, 1.165) is 5.56 Å². The summed E-state index contributed by atoms with van der Waals surface area (Å²) in [7, 11) is 0. The normalized spacial score (nSPS) is 17.7. The minimum absolute atomic E-state index is 0.139. The lowest BCUT2D eigenvalue weighted by molar-refractivity contribution is 0.0460. The number of hydrogen-bond acceptors (Lipinski definition) is 4. The standard InChI is InChI=1S/C14H22N2O2/c15-12-4-1-3-11(9-12)14(18)10-16(7-8-17)13-5-2-6-13/h1,3-4,9,13-14,17-18H,2,5-8,10,15H2. The zero-order valence-electron chi connectivity index (χ0n) is 10.6. The van der Waals surface area contributed by atoms with Gasteiger partial charge in [0, 0.05) is 24.8 Å². The lowest BCUT2D eigenvalue weighted by Gasteiger charge is -2.38. The third-order valence-corrected chi connectivity index (χ3v) is 3.68. The monoisotopic (exact) mass is 250 g/mol. The Bertz CT molecular complexity index is 380. The van der Waals surface area contributed by atoms with Gasteiger partial charge in [0.25, 0.3) is 0 Å². The molecule has 0 radical (unpaired) electrons. The fraction of sp³-hybridized carbons (Fsp3) is 0.571. The van der Waals surface area contributed by atoms with Crippen molar-refractivity contribution in [1.29, 1.82) is 0 Å². The third-order valence-electron chi connectivity index (χ3n) is 3.68. The average molecular weight is 250 g/mol. The van der Waals surface area contributed by atoms with E-state index in [1.807, 2.05) is 24.3 Å². The molecule has 4 N–H and O–H groups in total. The molecule has 100 valence electrons. The van der Waals surface area contributed by atoms with E-state index in [-0.39, 0.29) is 6.61 Å². The molecule has 1 unspecified atom stereocenters. The number of nitrogens with two attached hydrogens (primary N) is 1. The van der Waals surface area contributed by atoms with E-state index in [0.29, 0.717) is 24.8 Å². The highest BCUT2D eigenvalue weighted by atomic mass is 16.3. The Morgan fingerprint density at radius 1 is 1.39 bits per heavy atom. The quantitative estimate of drug-likeness (QED) is 0.662. The minimum atomic E-state index is -0.541. The van der Waals surface area contributed by atoms with Crippen molar-refractivity contribution >= 4 is 5.69 Å². The third kappa shape index (κ3) is 3.22. The van der Waals surface area contributed by atoms with E-state index in [1.165, 1.54) is 19.3 Å². The molecule has 0 saturated heterocycles. The van der Waals surface area contributed by atoms with Gasteiger partial charge in [0.15, 0.2) is 0 Å². The number of anilines is 1. The van der Waals surface area contributed by atoms with Crippen molar-refractivity contribution in [3.8, 4) is 0 Å². The van der Waals surface area contributed by atoms with Gasteiger partial charge in [-0.05, 0) is 30.5 Å². The van der Waals surface area contributed by atoms with Gasteiger partial charge < -0.3 is 15.9 Å². The number of nitrogens with zero attached hydrogens (tertiary/aromatic N) is 1. The first kappa shape index (κ1) is 13.3. The van der Waals surface area contributed by atoms with Crippen molar-refractivity contribution in [2.45, 2.75) is 31.4 Å². The molecule has 2 rings (SSSR count). The van der Waals surface area contributed by atoms with E-state index < -0.39 is 6.10 Å². The summed E-state index contributed by atoms with van der Waals surface area (Å²) in [4.78, 5) is 2.18. The highest BCUT2D eigenvalue weighted by Gasteiger charge is 2.26. The summed E-state index contributed by atoms with van der Waals surface area (Å²) in [6.45, 7) is 1.33. The van der Waals surface area contributed by atoms with Crippen molar-refractivity contribution in [2.24, 2.45) is 0 Å². The first-order valence-electron chi connectivity index (χ1n) is 6.59. The van der Waals surface area contributed by atoms with Crippen LogP contribution in [0.5, 0.6) is 0 Å². The van der Waals surface area contributed by atoms with Crippen LogP contribution in [0.1, 0.15) is 30.9 Å². The molecule has 1 fully saturated rings. The van der Waals surface area contributed by atoms with Crippen LogP contribution in [0.2, 0.25) is 0 Å². The minimum Gasteiger partial charge on any atom is -0.399 e. The molecule has 1 aliphatic carbocycles. The maximum absolute atomic E-state index is 10.2. The summed E-state index contributed by atoms with van der Waals surface area (Å²) < 4.78 is 0. The van der Waals surface area contributed by atoms with E-state index in [9.17, 15) is 5.11 Å². The molecule has 1 aromatic rings. The van der Waals surface area contributed by atoms with Crippen molar-refractivity contribution in [2.75, 3.05) is 25.4 Å². The van der Waals surface area contributed by atoms with Crippen LogP contribution in [0.25, 0.3) is 0 Å². The Morgan fingerprint density at radius 2 is 2.17 bits per heavy atom. The van der Waals surface area contributed by atoms with Gasteiger partial charge >= 0.3 is 0 Å². The molecule has 4 nitrogen and oxygen atoms in total. The highest BCUT2D eigenvalue weighted by molar-refractivity contribution is 5.41. The Kier molecular flexibility index (Phi) is 4.58. The topological polar surface area (TPSA) is 69.7 Å². The van der Waals surface area contributed by atoms with E-state index in [1.54, 1.807) is 0 Å². The summed E-state index contributed by atoms with van der Waals surface area (Å²) in [6, 6.07) is 7.89. The Balaban J connectivity index is 1.97. The van der Waals surface area contributed by atoms with Gasteiger partial charge in [-0.15, -0.1) is 0 Å². The zero-order valence-corrected chi connectivity index (χ0v) is 10.6. The van der Waals surface area contributed by atoms with E-state index in [4.69, 9.17) is 10.8 Å². The van der Waals surface area contributed by atoms with Gasteiger partial charge in [0.05, 0.1) is 12.7 Å². The van der Waals surface area contributed by atoms with E-state index >= 15 is 0 Å². The molecule has 0 aromatic heterocycles. The SMILES string of the molecule is Nc1cccc(C(O)CN(CCO)C2CCC2)c1. The van der Waals surface area contributed by atoms with Crippen LogP contribution in [0.4, 0.5) is 5.69 Å². The summed E-state index contributed by atoms with van der Waals surface area (Å²) in [5, 5.41) is 19.3. The lowest BCUT2D eigenvalue weighted by Crippen LogP contribution is -2.43. The van der Waals surface area contributed by atoms with Crippen LogP contribution in [0.15, 0.2) is 24.3 Å². The maximum atomic E-state index is 10.2. The van der Waals surface area contributed by atoms with Gasteiger partial charge in [-0.3, -0.25) is 4.90 Å². The fourth-order valence-corrected chi connectivity index (χ4v) is 2.40. The Labute approximate surface area is 108 Å². The smallest absolute Gasteiger partial charge is 0.0917 e. The Hall–Kier alpha value is -1.10. The molecule has 0 aliphatic heterocycles. The number of rotatable bonds is 6. The average Bonchev–Trinajstić information content (AvgIpc) is 2.27. The number of nitrogen functional groups attached to an aromatic ring is 1. The van der Waals surface area contributed by atoms with Crippen LogP contribution in [0.3, 0.4) is 0 Å². The molecular weight excluding hydrogens is 228 g/mol. The van der Waals surface area contributed by atoms with Crippen molar-refractivity contribution in [1.82, 2.24) is 4.90 Å². The van der Waals surface area contributed by atoms with Crippen LogP contribution >= 0.6 is 0 Å². The van der Waals surface area contributed by atoms with Crippen molar-refractivity contribution in [3.63, 3.8) is 0 Å². The van der Waals surface area contributed by atoms with Crippen LogP contribution in [0, 0.1) is 0 Å². The van der Waals surface area contributed by atoms with Crippen molar-refractivity contribution < 1.29 is 10.2 Å². The largest absolute Gasteiger partial charge is 0.399 e. The molecule has 1 saturated carbocycles. The van der Waals surface area contributed by atoms with Gasteiger partial charge in [-0.1, -0.05) is 18.6 Å². The van der Waals surface area contributed by atoms with Crippen LogP contribution in [-0.4, -0.2) is 40.9 Å². The molecule has 0 heterocycles. The summed E-state index contributed by atoms with van der Waals surface area (Å²) in [6.07, 6.45) is 3.05. The predicted octanol–water partition coefficient (Wildman–Crippen LogP) is 1.15. The molecule has 18 heavy (non-hydrogen) atoms. The zero-order chi connectivity index (χ0) is 13.0. The molecule has 1 aliphatic rings. The van der Waals surface area contributed by atoms with Gasteiger partial charge in [-0.2, -0.15) is 0 Å². The summed E-state index contributed by atoms with van der Waals surface area (Å²) >= 11 is 0. The fourth-order valence-electron chi connectivity index (χ4n) is 2.40. The number of aliphatic hydroxyl groups excluding tert-OH is 2. The van der Waals surface area contributed by atoms with Gasteiger partial charge in [-0.25, -0.2) is 0 Å². The molecule has 0 bridgehead atoms.